The molecule has 0 radical (unpaired) electrons. The molecule has 0 unspecified atom stereocenters. The molecule has 1 fully saturated rings. The maximum atomic E-state index is 13.1. The van der Waals surface area contributed by atoms with Crippen LogP contribution in [0.25, 0.3) is 0 Å². The van der Waals surface area contributed by atoms with E-state index in [0.29, 0.717) is 0 Å². The Hall–Kier alpha value is -1.90. The highest BCUT2D eigenvalue weighted by Gasteiger charge is 2.43. The summed E-state index contributed by atoms with van der Waals surface area (Å²) in [4.78, 5) is 13.1. The first kappa shape index (κ1) is 14.1. The number of rotatable bonds is 5. The molecular formula is C18H22N2O. The van der Waals surface area contributed by atoms with Gasteiger partial charge in [-0.1, -0.05) is 50.1 Å². The number of benzene rings is 1. The largest absolute Gasteiger partial charge is 0.293 e. The summed E-state index contributed by atoms with van der Waals surface area (Å²) in [7, 11) is 0. The Balaban J connectivity index is 1.95. The maximum Gasteiger partial charge on any atom is 0.176 e. The lowest BCUT2D eigenvalue weighted by molar-refractivity contribution is 0.0886. The van der Waals surface area contributed by atoms with Gasteiger partial charge in [0.25, 0.3) is 0 Å². The fourth-order valence-corrected chi connectivity index (χ4v) is 3.49. The fraction of sp³-hybridized carbons (Fsp3) is 0.444. The van der Waals surface area contributed by atoms with E-state index in [1.807, 2.05) is 29.1 Å². The van der Waals surface area contributed by atoms with Gasteiger partial charge in [0.15, 0.2) is 5.78 Å². The zero-order valence-corrected chi connectivity index (χ0v) is 12.6. The average Bonchev–Trinajstić information content (AvgIpc) is 3.18. The van der Waals surface area contributed by atoms with Gasteiger partial charge in [0.1, 0.15) is 0 Å². The number of nitrogens with zero attached hydrogens (tertiary/aromatic N) is 2. The third kappa shape index (κ3) is 2.53. The smallest absolute Gasteiger partial charge is 0.176 e. The summed E-state index contributed by atoms with van der Waals surface area (Å²) in [6, 6.07) is 10.3. The van der Waals surface area contributed by atoms with Crippen LogP contribution in [-0.2, 0) is 12.0 Å². The second kappa shape index (κ2) is 5.84. The molecule has 0 amide bonds. The van der Waals surface area contributed by atoms with Crippen LogP contribution in [0.1, 0.15) is 54.9 Å². The summed E-state index contributed by atoms with van der Waals surface area (Å²) in [6.07, 6.45) is 8.84. The highest BCUT2D eigenvalue weighted by atomic mass is 16.1. The van der Waals surface area contributed by atoms with Crippen molar-refractivity contribution in [2.24, 2.45) is 0 Å². The van der Waals surface area contributed by atoms with Crippen molar-refractivity contribution in [1.82, 2.24) is 9.78 Å². The van der Waals surface area contributed by atoms with Gasteiger partial charge in [-0.3, -0.25) is 9.48 Å². The van der Waals surface area contributed by atoms with Crippen LogP contribution >= 0.6 is 0 Å². The standard InChI is InChI=1S/C18H22N2O/c1-2-12-20-14-15(13-19-20)17(21)18(10-6-7-11-18)16-8-4-3-5-9-16/h3-5,8-9,13-14H,2,6-7,10-12H2,1H3. The molecule has 1 aromatic heterocycles. The molecule has 1 saturated carbocycles. The Kier molecular flexibility index (Phi) is 3.91. The third-order valence-corrected chi connectivity index (χ3v) is 4.57. The average molecular weight is 282 g/mol. The maximum absolute atomic E-state index is 13.1. The monoisotopic (exact) mass is 282 g/mol. The van der Waals surface area contributed by atoms with Crippen LogP contribution < -0.4 is 0 Å². The minimum absolute atomic E-state index is 0.244. The number of hydrogen-bond acceptors (Lipinski definition) is 2. The van der Waals surface area contributed by atoms with Crippen molar-refractivity contribution in [2.75, 3.05) is 0 Å². The minimum Gasteiger partial charge on any atom is -0.293 e. The van der Waals surface area contributed by atoms with Crippen molar-refractivity contribution >= 4 is 5.78 Å². The van der Waals surface area contributed by atoms with Crippen molar-refractivity contribution in [1.29, 1.82) is 0 Å². The normalized spacial score (nSPS) is 17.0. The van der Waals surface area contributed by atoms with E-state index < -0.39 is 0 Å². The number of carbonyl (C=O) groups is 1. The summed E-state index contributed by atoms with van der Waals surface area (Å²) in [5.41, 5.74) is 1.59. The molecule has 0 spiro atoms. The second-order valence-corrected chi connectivity index (χ2v) is 5.98. The lowest BCUT2D eigenvalue weighted by atomic mass is 9.73. The molecule has 0 atom stereocenters. The van der Waals surface area contributed by atoms with E-state index in [-0.39, 0.29) is 11.2 Å². The van der Waals surface area contributed by atoms with Crippen LogP contribution in [0.3, 0.4) is 0 Å². The number of hydrogen-bond donors (Lipinski definition) is 0. The molecule has 1 aliphatic carbocycles. The van der Waals surface area contributed by atoms with Crippen LogP contribution in [0.4, 0.5) is 0 Å². The van der Waals surface area contributed by atoms with Crippen molar-refractivity contribution in [3.8, 4) is 0 Å². The highest BCUT2D eigenvalue weighted by molar-refractivity contribution is 6.04. The van der Waals surface area contributed by atoms with E-state index in [9.17, 15) is 4.79 Å². The predicted molar refractivity (Wildman–Crippen MR) is 83.4 cm³/mol. The number of ketones is 1. The predicted octanol–water partition coefficient (Wildman–Crippen LogP) is 3.99. The van der Waals surface area contributed by atoms with Crippen molar-refractivity contribution in [2.45, 2.75) is 51.0 Å². The molecule has 0 bridgehead atoms. The summed E-state index contributed by atoms with van der Waals surface area (Å²) in [6.45, 7) is 2.98. The zero-order chi connectivity index (χ0) is 14.7. The highest BCUT2D eigenvalue weighted by Crippen LogP contribution is 2.43. The Labute approximate surface area is 126 Å². The summed E-state index contributed by atoms with van der Waals surface area (Å²) < 4.78 is 1.88. The van der Waals surface area contributed by atoms with E-state index in [1.165, 1.54) is 0 Å². The number of aryl methyl sites for hydroxylation is 1. The van der Waals surface area contributed by atoms with Crippen LogP contribution in [0, 0.1) is 0 Å². The van der Waals surface area contributed by atoms with Gasteiger partial charge in [0.05, 0.1) is 17.2 Å². The van der Waals surface area contributed by atoms with Gasteiger partial charge in [-0.25, -0.2) is 0 Å². The zero-order valence-electron chi connectivity index (χ0n) is 12.6. The van der Waals surface area contributed by atoms with Crippen LogP contribution in [0.15, 0.2) is 42.7 Å². The third-order valence-electron chi connectivity index (χ3n) is 4.57. The topological polar surface area (TPSA) is 34.9 Å². The quantitative estimate of drug-likeness (QED) is 0.777. The Morgan fingerprint density at radius 3 is 2.62 bits per heavy atom. The summed E-state index contributed by atoms with van der Waals surface area (Å²) in [5, 5.41) is 4.32. The first-order valence-corrected chi connectivity index (χ1v) is 7.89. The van der Waals surface area contributed by atoms with Crippen LogP contribution in [-0.4, -0.2) is 15.6 Å². The first-order valence-electron chi connectivity index (χ1n) is 7.89. The molecule has 3 heteroatoms. The van der Waals surface area contributed by atoms with Gasteiger partial charge in [-0.05, 0) is 24.8 Å². The van der Waals surface area contributed by atoms with Gasteiger partial charge in [0, 0.05) is 12.7 Å². The van der Waals surface area contributed by atoms with Crippen molar-refractivity contribution in [3.05, 3.63) is 53.9 Å². The summed E-state index contributed by atoms with van der Waals surface area (Å²) >= 11 is 0. The van der Waals surface area contributed by atoms with Gasteiger partial charge < -0.3 is 0 Å². The van der Waals surface area contributed by atoms with Gasteiger partial charge in [-0.2, -0.15) is 5.10 Å². The van der Waals surface area contributed by atoms with Crippen molar-refractivity contribution in [3.63, 3.8) is 0 Å². The molecule has 0 N–H and O–H groups in total. The Bertz CT molecular complexity index is 609. The van der Waals surface area contributed by atoms with E-state index in [0.717, 1.165) is 49.8 Å². The second-order valence-electron chi connectivity index (χ2n) is 5.98. The lowest BCUT2D eigenvalue weighted by Crippen LogP contribution is -2.32. The molecule has 1 aliphatic rings. The molecule has 2 aromatic rings. The molecule has 0 aliphatic heterocycles. The number of aromatic nitrogens is 2. The van der Waals surface area contributed by atoms with Crippen LogP contribution in [0.5, 0.6) is 0 Å². The fourth-order valence-electron chi connectivity index (χ4n) is 3.49. The molecule has 21 heavy (non-hydrogen) atoms. The molecular weight excluding hydrogens is 260 g/mol. The van der Waals surface area contributed by atoms with Gasteiger partial charge in [0.2, 0.25) is 0 Å². The molecule has 1 aromatic carbocycles. The molecule has 3 nitrogen and oxygen atoms in total. The minimum atomic E-state index is -0.332. The molecule has 1 heterocycles. The molecule has 3 rings (SSSR count). The van der Waals surface area contributed by atoms with E-state index in [2.05, 4.69) is 24.2 Å². The van der Waals surface area contributed by atoms with Gasteiger partial charge >= 0.3 is 0 Å². The lowest BCUT2D eigenvalue weighted by Gasteiger charge is -2.27. The summed E-state index contributed by atoms with van der Waals surface area (Å²) in [5.74, 6) is 0.244. The Morgan fingerprint density at radius 1 is 1.24 bits per heavy atom. The Morgan fingerprint density at radius 2 is 1.95 bits per heavy atom. The molecule has 0 saturated heterocycles. The molecule has 110 valence electrons. The van der Waals surface area contributed by atoms with E-state index in [4.69, 9.17) is 0 Å². The number of carbonyl (C=O) groups excluding carboxylic acids is 1. The first-order chi connectivity index (χ1) is 10.3. The van der Waals surface area contributed by atoms with E-state index in [1.54, 1.807) is 6.20 Å². The van der Waals surface area contributed by atoms with Gasteiger partial charge in [-0.15, -0.1) is 0 Å². The van der Waals surface area contributed by atoms with Crippen LogP contribution in [0.2, 0.25) is 0 Å². The van der Waals surface area contributed by atoms with Crippen molar-refractivity contribution < 1.29 is 4.79 Å². The number of Topliss-reactive ketones (excluding diaryl/α,β-unsaturated/α-hetero) is 1. The SMILES string of the molecule is CCCn1cc(C(=O)C2(c3ccccc3)CCCC2)cn1. The van der Waals surface area contributed by atoms with E-state index >= 15 is 0 Å².